The van der Waals surface area contributed by atoms with E-state index < -0.39 is 5.54 Å². The van der Waals surface area contributed by atoms with E-state index in [0.29, 0.717) is 18.7 Å². The topological polar surface area (TPSA) is 70.7 Å². The van der Waals surface area contributed by atoms with Gasteiger partial charge < -0.3 is 5.32 Å². The van der Waals surface area contributed by atoms with Crippen molar-refractivity contribution in [3.8, 4) is 6.07 Å². The minimum Gasteiger partial charge on any atom is -0.342 e. The third-order valence-electron chi connectivity index (χ3n) is 4.69. The average molecular weight is 360 g/mol. The first-order valence-corrected chi connectivity index (χ1v) is 9.23. The van der Waals surface area contributed by atoms with E-state index in [-0.39, 0.29) is 5.91 Å². The van der Waals surface area contributed by atoms with Crippen LogP contribution in [0.4, 0.5) is 0 Å². The van der Waals surface area contributed by atoms with Crippen molar-refractivity contribution in [3.63, 3.8) is 0 Å². The van der Waals surface area contributed by atoms with Crippen molar-refractivity contribution < 1.29 is 4.79 Å². The van der Waals surface area contributed by atoms with Gasteiger partial charge in [-0.3, -0.25) is 9.48 Å². The molecular formula is C22H24N4O. The number of nitriles is 1. The molecule has 0 unspecified atom stereocenters. The minimum atomic E-state index is -0.505. The molecule has 0 fully saturated rings. The Balaban J connectivity index is 1.89. The number of carbonyl (C=O) groups is 1. The second-order valence-electron chi connectivity index (χ2n) is 7.15. The number of fused-ring (bicyclic) bond motifs is 1. The maximum Gasteiger partial charge on any atom is 0.270 e. The Bertz CT molecular complexity index is 967. The Hall–Kier alpha value is -3.13. The monoisotopic (exact) mass is 360 g/mol. The molecule has 3 rings (SSSR count). The summed E-state index contributed by atoms with van der Waals surface area (Å²) in [7, 11) is 0. The smallest absolute Gasteiger partial charge is 0.270 e. The second kappa shape index (κ2) is 8.05. The molecular weight excluding hydrogens is 336 g/mol. The fraction of sp³-hybridized carbons (Fsp3) is 0.318. The third kappa shape index (κ3) is 4.17. The number of rotatable bonds is 7. The van der Waals surface area contributed by atoms with E-state index >= 15 is 0 Å². The summed E-state index contributed by atoms with van der Waals surface area (Å²) in [6, 6.07) is 19.8. The van der Waals surface area contributed by atoms with Crippen LogP contribution in [-0.4, -0.2) is 15.7 Å². The largest absolute Gasteiger partial charge is 0.342 e. The van der Waals surface area contributed by atoms with Crippen LogP contribution in [0.3, 0.4) is 0 Å². The van der Waals surface area contributed by atoms with Crippen molar-refractivity contribution in [2.75, 3.05) is 0 Å². The molecule has 0 aliphatic rings. The van der Waals surface area contributed by atoms with Gasteiger partial charge in [-0.15, -0.1) is 0 Å². The highest BCUT2D eigenvalue weighted by Crippen LogP contribution is 2.23. The van der Waals surface area contributed by atoms with Crippen molar-refractivity contribution in [3.05, 3.63) is 65.9 Å². The molecule has 3 aromatic rings. The molecule has 0 saturated carbocycles. The van der Waals surface area contributed by atoms with E-state index in [0.717, 1.165) is 29.3 Å². The first-order chi connectivity index (χ1) is 13.0. The molecule has 1 aromatic heterocycles. The minimum absolute atomic E-state index is 0.141. The zero-order valence-electron chi connectivity index (χ0n) is 15.8. The van der Waals surface area contributed by atoms with Gasteiger partial charge in [0.25, 0.3) is 5.91 Å². The number of hydrogen-bond donors (Lipinski definition) is 1. The molecule has 2 aromatic carbocycles. The molecule has 5 heteroatoms. The molecule has 0 saturated heterocycles. The molecule has 1 N–H and O–H groups in total. The second-order valence-corrected chi connectivity index (χ2v) is 7.15. The van der Waals surface area contributed by atoms with E-state index in [1.54, 1.807) is 4.68 Å². The van der Waals surface area contributed by atoms with Gasteiger partial charge in [0, 0.05) is 18.4 Å². The van der Waals surface area contributed by atoms with Gasteiger partial charge in [0.05, 0.1) is 17.1 Å². The van der Waals surface area contributed by atoms with Crippen LogP contribution in [0, 0.1) is 11.3 Å². The van der Waals surface area contributed by atoms with Crippen LogP contribution in [0.2, 0.25) is 0 Å². The van der Waals surface area contributed by atoms with Crippen molar-refractivity contribution in [2.24, 2.45) is 0 Å². The van der Waals surface area contributed by atoms with Crippen molar-refractivity contribution in [1.29, 1.82) is 5.26 Å². The van der Waals surface area contributed by atoms with Gasteiger partial charge >= 0.3 is 0 Å². The van der Waals surface area contributed by atoms with E-state index in [9.17, 15) is 4.79 Å². The number of nitrogens with zero attached hydrogens (tertiary/aromatic N) is 3. The van der Waals surface area contributed by atoms with Gasteiger partial charge in [0.15, 0.2) is 0 Å². The van der Waals surface area contributed by atoms with Crippen molar-refractivity contribution >= 4 is 16.8 Å². The molecule has 27 heavy (non-hydrogen) atoms. The van der Waals surface area contributed by atoms with Gasteiger partial charge in [0.2, 0.25) is 0 Å². The molecule has 0 aliphatic heterocycles. The quantitative estimate of drug-likeness (QED) is 0.635. The van der Waals surface area contributed by atoms with E-state index in [1.807, 2.05) is 68.4 Å². The van der Waals surface area contributed by atoms with Crippen LogP contribution in [0.5, 0.6) is 0 Å². The van der Waals surface area contributed by atoms with Crippen molar-refractivity contribution in [1.82, 2.24) is 15.1 Å². The lowest BCUT2D eigenvalue weighted by molar-refractivity contribution is 0.0902. The number of carbonyl (C=O) groups excluding carboxylic acids is 1. The summed E-state index contributed by atoms with van der Waals surface area (Å²) >= 11 is 0. The molecule has 0 aliphatic carbocycles. The summed E-state index contributed by atoms with van der Waals surface area (Å²) in [5, 5.41) is 17.3. The summed E-state index contributed by atoms with van der Waals surface area (Å²) in [6.07, 6.45) is 2.12. The fourth-order valence-electron chi connectivity index (χ4n) is 3.22. The van der Waals surface area contributed by atoms with Gasteiger partial charge in [-0.25, -0.2) is 0 Å². The van der Waals surface area contributed by atoms with Crippen LogP contribution >= 0.6 is 0 Å². The predicted molar refractivity (Wildman–Crippen MR) is 106 cm³/mol. The van der Waals surface area contributed by atoms with Crippen LogP contribution in [-0.2, 0) is 12.1 Å². The SMILES string of the molecule is CC(C)(NC(=O)c1c2ccccc2nn1CCCCC#N)c1ccccc1. The summed E-state index contributed by atoms with van der Waals surface area (Å²) in [6.45, 7) is 4.61. The lowest BCUT2D eigenvalue weighted by atomic mass is 9.94. The van der Waals surface area contributed by atoms with E-state index in [1.165, 1.54) is 0 Å². The maximum absolute atomic E-state index is 13.2. The standard InChI is InChI=1S/C22H24N4O/c1-22(2,17-11-5-3-6-12-17)24-21(27)20-18-13-7-8-14-19(18)25-26(20)16-10-4-9-15-23/h3,5-8,11-14H,4,9-10,16H2,1-2H3,(H,24,27). The Morgan fingerprint density at radius 3 is 2.56 bits per heavy atom. The normalized spacial score (nSPS) is 11.3. The first-order valence-electron chi connectivity index (χ1n) is 9.23. The highest BCUT2D eigenvalue weighted by molar-refractivity contribution is 6.05. The van der Waals surface area contributed by atoms with Gasteiger partial charge in [-0.1, -0.05) is 48.5 Å². The molecule has 0 bridgehead atoms. The molecule has 0 radical (unpaired) electrons. The fourth-order valence-corrected chi connectivity index (χ4v) is 3.22. The lowest BCUT2D eigenvalue weighted by Gasteiger charge is -2.27. The zero-order valence-corrected chi connectivity index (χ0v) is 15.8. The number of unbranched alkanes of at least 4 members (excludes halogenated alkanes) is 2. The summed E-state index contributed by atoms with van der Waals surface area (Å²) < 4.78 is 1.78. The van der Waals surface area contributed by atoms with E-state index in [2.05, 4.69) is 16.5 Å². The van der Waals surface area contributed by atoms with Crippen LogP contribution in [0.15, 0.2) is 54.6 Å². The number of benzene rings is 2. The van der Waals surface area contributed by atoms with Gasteiger partial charge in [-0.2, -0.15) is 10.4 Å². The van der Waals surface area contributed by atoms with Gasteiger partial charge in [0.1, 0.15) is 5.69 Å². The molecule has 1 heterocycles. The first kappa shape index (κ1) is 18.7. The number of aromatic nitrogens is 2. The zero-order chi connectivity index (χ0) is 19.3. The Kier molecular flexibility index (Phi) is 5.56. The number of amides is 1. The molecule has 5 nitrogen and oxygen atoms in total. The average Bonchev–Trinajstić information content (AvgIpc) is 3.04. The highest BCUT2D eigenvalue weighted by atomic mass is 16.2. The Morgan fingerprint density at radius 1 is 1.11 bits per heavy atom. The van der Waals surface area contributed by atoms with Crippen LogP contribution in [0.25, 0.3) is 10.9 Å². The predicted octanol–water partition coefficient (Wildman–Crippen LogP) is 4.40. The number of aryl methyl sites for hydroxylation is 1. The van der Waals surface area contributed by atoms with Crippen LogP contribution < -0.4 is 5.32 Å². The molecule has 0 atom stereocenters. The van der Waals surface area contributed by atoms with Crippen LogP contribution in [0.1, 0.15) is 49.2 Å². The Morgan fingerprint density at radius 2 is 1.81 bits per heavy atom. The summed E-state index contributed by atoms with van der Waals surface area (Å²) in [4.78, 5) is 13.2. The molecule has 0 spiro atoms. The molecule has 138 valence electrons. The summed E-state index contributed by atoms with van der Waals surface area (Å²) in [5.41, 5.74) is 1.92. The molecule has 1 amide bonds. The van der Waals surface area contributed by atoms with Gasteiger partial charge in [-0.05, 0) is 38.3 Å². The maximum atomic E-state index is 13.2. The third-order valence-corrected chi connectivity index (χ3v) is 4.69. The lowest BCUT2D eigenvalue weighted by Crippen LogP contribution is -2.41. The summed E-state index contributed by atoms with van der Waals surface area (Å²) in [5.74, 6) is -0.141. The number of nitrogens with one attached hydrogen (secondary N) is 1. The van der Waals surface area contributed by atoms with Crippen molar-refractivity contribution in [2.45, 2.75) is 45.2 Å². The highest BCUT2D eigenvalue weighted by Gasteiger charge is 2.26. The number of hydrogen-bond acceptors (Lipinski definition) is 3. The van der Waals surface area contributed by atoms with E-state index in [4.69, 9.17) is 5.26 Å². The Labute approximate surface area is 159 Å².